The van der Waals surface area contributed by atoms with Crippen molar-refractivity contribution in [3.05, 3.63) is 112 Å². The van der Waals surface area contributed by atoms with E-state index >= 15 is 0 Å². The van der Waals surface area contributed by atoms with Crippen molar-refractivity contribution in [3.8, 4) is 5.75 Å². The second-order valence-corrected chi connectivity index (χ2v) is 10.9. The Morgan fingerprint density at radius 1 is 0.977 bits per heavy atom. The zero-order valence-corrected chi connectivity index (χ0v) is 24.6. The fraction of sp³-hybridized carbons (Fsp3) is 0.212. The predicted molar refractivity (Wildman–Crippen MR) is 168 cm³/mol. The summed E-state index contributed by atoms with van der Waals surface area (Å²) in [5.74, 6) is -1.80. The summed E-state index contributed by atoms with van der Waals surface area (Å²) < 4.78 is 5.99. The molecule has 5 rings (SSSR count). The average Bonchev–Trinajstić information content (AvgIpc) is 3.37. The number of fused-ring (bicyclic) bond motifs is 3. The zero-order chi connectivity index (χ0) is 30.7. The van der Waals surface area contributed by atoms with E-state index in [1.54, 1.807) is 38.1 Å². The van der Waals surface area contributed by atoms with Crippen LogP contribution in [0.2, 0.25) is 5.02 Å². The Labute approximate surface area is 253 Å². The lowest BCUT2D eigenvalue weighted by Crippen LogP contribution is -2.39. The van der Waals surface area contributed by atoms with Crippen LogP contribution < -0.4 is 20.7 Å². The quantitative estimate of drug-likeness (QED) is 0.143. The maximum absolute atomic E-state index is 13.4. The van der Waals surface area contributed by atoms with E-state index in [9.17, 15) is 19.8 Å². The summed E-state index contributed by atoms with van der Waals surface area (Å²) in [6, 6.07) is 20.6. The van der Waals surface area contributed by atoms with Crippen molar-refractivity contribution in [1.29, 1.82) is 0 Å². The smallest absolute Gasteiger partial charge is 0.334 e. The van der Waals surface area contributed by atoms with Crippen LogP contribution in [0.3, 0.4) is 0 Å². The molecule has 43 heavy (non-hydrogen) atoms. The van der Waals surface area contributed by atoms with Crippen LogP contribution in [-0.4, -0.2) is 52.9 Å². The standard InChI is InChI=1S/C33H33ClN4O5/c1-18(35-16-21(39)17-43-27-14-8-13-26-30(27)23-10-5-7-12-25(23)38-26)15-36-32(40)28-19(2)37-20(3)29(33(41)42)31(28)22-9-4-6-11-24(22)34/h4-14,21,31,35,37-39H,1,15-17H2,2-3H3,(H,36,40)(H,41,42). The first-order chi connectivity index (χ1) is 20.7. The molecule has 1 amide bonds. The lowest BCUT2D eigenvalue weighted by molar-refractivity contribution is -0.133. The van der Waals surface area contributed by atoms with Crippen LogP contribution in [0.5, 0.6) is 5.75 Å². The molecule has 3 aromatic carbocycles. The number of aromatic nitrogens is 1. The second kappa shape index (κ2) is 12.6. The lowest BCUT2D eigenvalue weighted by Gasteiger charge is -2.30. The molecule has 0 spiro atoms. The van der Waals surface area contributed by atoms with E-state index in [1.165, 1.54) is 0 Å². The minimum Gasteiger partial charge on any atom is -0.490 e. The summed E-state index contributed by atoms with van der Waals surface area (Å²) in [5.41, 5.74) is 4.22. The monoisotopic (exact) mass is 600 g/mol. The molecule has 0 saturated heterocycles. The number of dihydropyridines is 1. The average molecular weight is 601 g/mol. The second-order valence-electron chi connectivity index (χ2n) is 10.4. The van der Waals surface area contributed by atoms with E-state index < -0.39 is 23.9 Å². The van der Waals surface area contributed by atoms with Gasteiger partial charge < -0.3 is 35.9 Å². The number of aromatic amines is 1. The van der Waals surface area contributed by atoms with Gasteiger partial charge in [-0.05, 0) is 43.7 Å². The third-order valence-corrected chi connectivity index (χ3v) is 7.77. The fourth-order valence-corrected chi connectivity index (χ4v) is 5.68. The molecule has 2 atom stereocenters. The third kappa shape index (κ3) is 6.23. The van der Waals surface area contributed by atoms with E-state index in [1.807, 2.05) is 42.5 Å². The van der Waals surface area contributed by atoms with Gasteiger partial charge in [-0.2, -0.15) is 0 Å². The summed E-state index contributed by atoms with van der Waals surface area (Å²) in [7, 11) is 0. The Bertz CT molecular complexity index is 1790. The number of aliphatic hydroxyl groups is 1. The lowest BCUT2D eigenvalue weighted by atomic mass is 9.80. The van der Waals surface area contributed by atoms with Gasteiger partial charge in [-0.15, -0.1) is 0 Å². The maximum atomic E-state index is 13.4. The number of hydrogen-bond acceptors (Lipinski definition) is 6. The number of H-pyrrole nitrogens is 1. The van der Waals surface area contributed by atoms with Crippen molar-refractivity contribution in [3.63, 3.8) is 0 Å². The fourth-order valence-electron chi connectivity index (χ4n) is 5.44. The van der Waals surface area contributed by atoms with Gasteiger partial charge in [-0.1, -0.05) is 60.6 Å². The van der Waals surface area contributed by atoms with Crippen molar-refractivity contribution in [2.45, 2.75) is 25.9 Å². The van der Waals surface area contributed by atoms with Crippen LogP contribution in [-0.2, 0) is 9.59 Å². The van der Waals surface area contributed by atoms with Crippen LogP contribution in [0.25, 0.3) is 21.8 Å². The Morgan fingerprint density at radius 3 is 2.44 bits per heavy atom. The number of nitrogens with one attached hydrogen (secondary N) is 4. The van der Waals surface area contributed by atoms with E-state index in [0.717, 1.165) is 21.8 Å². The number of para-hydroxylation sites is 1. The van der Waals surface area contributed by atoms with Crippen LogP contribution >= 0.6 is 11.6 Å². The van der Waals surface area contributed by atoms with Crippen molar-refractivity contribution in [2.75, 3.05) is 19.7 Å². The minimum absolute atomic E-state index is 0.0478. The highest BCUT2D eigenvalue weighted by Gasteiger charge is 2.37. The number of amides is 1. The van der Waals surface area contributed by atoms with Crippen LogP contribution in [0, 0.1) is 0 Å². The first-order valence-corrected chi connectivity index (χ1v) is 14.2. The summed E-state index contributed by atoms with van der Waals surface area (Å²) in [6.07, 6.45) is -0.851. The van der Waals surface area contributed by atoms with Gasteiger partial charge in [0.15, 0.2) is 0 Å². The SMILES string of the molecule is C=C(CNC(=O)C1=C(C)NC(C)=C(C(=O)O)C1c1ccccc1Cl)NCC(O)COc1cccc2[nH]c3ccccc3c12. The molecule has 0 bridgehead atoms. The van der Waals surface area contributed by atoms with Crippen LogP contribution in [0.15, 0.2) is 102 Å². The van der Waals surface area contributed by atoms with Crippen molar-refractivity contribution in [1.82, 2.24) is 20.9 Å². The molecule has 4 aromatic rings. The summed E-state index contributed by atoms with van der Waals surface area (Å²) in [6.45, 7) is 7.59. The molecule has 2 heterocycles. The normalized spacial score (nSPS) is 15.8. The highest BCUT2D eigenvalue weighted by molar-refractivity contribution is 6.31. The van der Waals surface area contributed by atoms with Crippen molar-refractivity contribution >= 4 is 45.3 Å². The Kier molecular flexibility index (Phi) is 8.75. The molecular weight excluding hydrogens is 568 g/mol. The number of aliphatic hydroxyl groups excluding tert-OH is 1. The molecule has 0 aliphatic carbocycles. The number of carbonyl (C=O) groups excluding carboxylic acids is 1. The van der Waals surface area contributed by atoms with E-state index in [-0.39, 0.29) is 30.8 Å². The van der Waals surface area contributed by atoms with Crippen molar-refractivity contribution < 1.29 is 24.5 Å². The van der Waals surface area contributed by atoms with Gasteiger partial charge in [0, 0.05) is 50.5 Å². The number of halogens is 1. The van der Waals surface area contributed by atoms with E-state index in [2.05, 4.69) is 27.5 Å². The van der Waals surface area contributed by atoms with Gasteiger partial charge >= 0.3 is 5.97 Å². The van der Waals surface area contributed by atoms with Crippen LogP contribution in [0.1, 0.15) is 25.3 Å². The van der Waals surface area contributed by atoms with Gasteiger partial charge in [0.2, 0.25) is 5.91 Å². The zero-order valence-electron chi connectivity index (χ0n) is 23.8. The van der Waals surface area contributed by atoms with Gasteiger partial charge in [0.05, 0.1) is 23.6 Å². The van der Waals surface area contributed by atoms with Crippen molar-refractivity contribution in [2.24, 2.45) is 0 Å². The van der Waals surface area contributed by atoms with E-state index in [4.69, 9.17) is 16.3 Å². The number of benzene rings is 3. The van der Waals surface area contributed by atoms with E-state index in [0.29, 0.717) is 33.4 Å². The van der Waals surface area contributed by atoms with Gasteiger partial charge in [0.25, 0.3) is 0 Å². The molecule has 2 unspecified atom stereocenters. The number of allylic oxidation sites excluding steroid dienone is 2. The molecule has 0 saturated carbocycles. The number of aliphatic carboxylic acids is 1. The molecule has 6 N–H and O–H groups in total. The molecule has 0 fully saturated rings. The summed E-state index contributed by atoms with van der Waals surface area (Å²) >= 11 is 6.45. The van der Waals surface area contributed by atoms with Crippen LogP contribution in [0.4, 0.5) is 0 Å². The molecule has 222 valence electrons. The van der Waals surface area contributed by atoms with Gasteiger partial charge in [0.1, 0.15) is 18.5 Å². The topological polar surface area (TPSA) is 136 Å². The van der Waals surface area contributed by atoms with Gasteiger partial charge in [-0.25, -0.2) is 4.79 Å². The molecule has 0 radical (unpaired) electrons. The third-order valence-electron chi connectivity index (χ3n) is 7.42. The number of carboxylic acid groups (broad SMARTS) is 1. The molecule has 10 heteroatoms. The van der Waals surface area contributed by atoms with Gasteiger partial charge in [-0.3, -0.25) is 4.79 Å². The molecular formula is C33H33ClN4O5. The Balaban J connectivity index is 1.19. The first kappa shape index (κ1) is 29.8. The summed E-state index contributed by atoms with van der Waals surface area (Å²) in [4.78, 5) is 29.1. The number of carboxylic acids is 1. The number of ether oxygens (including phenoxy) is 1. The molecule has 9 nitrogen and oxygen atoms in total. The Hall–Kier alpha value is -4.73. The number of carbonyl (C=O) groups is 2. The highest BCUT2D eigenvalue weighted by atomic mass is 35.5. The highest BCUT2D eigenvalue weighted by Crippen LogP contribution is 2.41. The number of rotatable bonds is 11. The molecule has 1 aliphatic heterocycles. The minimum atomic E-state index is -1.14. The summed E-state index contributed by atoms with van der Waals surface area (Å²) in [5, 5.41) is 31.8. The number of hydrogen-bond donors (Lipinski definition) is 6. The molecule has 1 aliphatic rings. The predicted octanol–water partition coefficient (Wildman–Crippen LogP) is 4.95. The largest absolute Gasteiger partial charge is 0.490 e. The molecule has 1 aromatic heterocycles. The Morgan fingerprint density at radius 2 is 1.67 bits per heavy atom. The first-order valence-electron chi connectivity index (χ1n) is 13.8. The maximum Gasteiger partial charge on any atom is 0.334 e.